The highest BCUT2D eigenvalue weighted by Gasteiger charge is 2.44. The van der Waals surface area contributed by atoms with Crippen LogP contribution in [0.5, 0.6) is 0 Å². The number of aliphatic hydroxyl groups is 4. The molecule has 4 rings (SSSR count). The molecular formula is C18H21FN6O5. The Balaban J connectivity index is 1.57. The molecule has 3 unspecified atom stereocenters. The third-order valence-electron chi connectivity index (χ3n) is 4.95. The van der Waals surface area contributed by atoms with Crippen molar-refractivity contribution in [2.45, 2.75) is 30.6 Å². The molecule has 1 saturated heterocycles. The van der Waals surface area contributed by atoms with Crippen molar-refractivity contribution in [3.63, 3.8) is 0 Å². The molecule has 1 aromatic carbocycles. The second kappa shape index (κ2) is 8.08. The number of imidazole rings is 1. The first kappa shape index (κ1) is 20.4. The van der Waals surface area contributed by atoms with Gasteiger partial charge in [-0.3, -0.25) is 4.57 Å². The minimum absolute atomic E-state index is 0.0264. The van der Waals surface area contributed by atoms with E-state index in [9.17, 15) is 24.8 Å². The lowest BCUT2D eigenvalue weighted by Gasteiger charge is -2.17. The number of hydrogen-bond acceptors (Lipinski definition) is 10. The molecule has 3 heterocycles. The highest BCUT2D eigenvalue weighted by atomic mass is 19.1. The van der Waals surface area contributed by atoms with Crippen LogP contribution in [-0.2, 0) is 4.74 Å². The number of nitrogens with one attached hydrogen (secondary N) is 1. The second-order valence-corrected chi connectivity index (χ2v) is 6.93. The van der Waals surface area contributed by atoms with Crippen LogP contribution in [-0.4, -0.2) is 71.4 Å². The lowest BCUT2D eigenvalue weighted by molar-refractivity contribution is -0.0511. The van der Waals surface area contributed by atoms with Crippen LogP contribution in [0.1, 0.15) is 17.9 Å². The fourth-order valence-corrected chi connectivity index (χ4v) is 3.30. The van der Waals surface area contributed by atoms with Crippen molar-refractivity contribution in [3.05, 3.63) is 42.0 Å². The molecule has 1 aliphatic rings. The third kappa shape index (κ3) is 3.66. The number of benzene rings is 1. The molecule has 3 aromatic rings. The van der Waals surface area contributed by atoms with Crippen LogP contribution in [0.15, 0.2) is 30.6 Å². The maximum Gasteiger partial charge on any atom is 0.226 e. The molecule has 11 nitrogen and oxygen atoms in total. The summed E-state index contributed by atoms with van der Waals surface area (Å²) in [6.45, 7) is -0.439. The van der Waals surface area contributed by atoms with Crippen LogP contribution < -0.4 is 11.1 Å². The number of aromatic nitrogens is 4. The Morgan fingerprint density at radius 1 is 1.20 bits per heavy atom. The van der Waals surface area contributed by atoms with Crippen LogP contribution in [0.25, 0.3) is 11.2 Å². The zero-order chi connectivity index (χ0) is 21.4. The van der Waals surface area contributed by atoms with E-state index in [-0.39, 0.29) is 29.5 Å². The van der Waals surface area contributed by atoms with Gasteiger partial charge >= 0.3 is 0 Å². The lowest BCUT2D eigenvalue weighted by Crippen LogP contribution is -2.33. The summed E-state index contributed by atoms with van der Waals surface area (Å²) < 4.78 is 19.9. The Kier molecular flexibility index (Phi) is 5.49. The zero-order valence-corrected chi connectivity index (χ0v) is 15.6. The predicted molar refractivity (Wildman–Crippen MR) is 103 cm³/mol. The van der Waals surface area contributed by atoms with Gasteiger partial charge in [0.15, 0.2) is 17.7 Å². The van der Waals surface area contributed by atoms with E-state index in [1.54, 1.807) is 0 Å². The average Bonchev–Trinajstić information content (AvgIpc) is 3.28. The zero-order valence-electron chi connectivity index (χ0n) is 15.6. The Bertz CT molecular complexity index is 1030. The SMILES string of the molecule is Nc1nc(NCC(O)c2ccc(F)cc2)nc2c1ncn2[C@@H]1O[C@H](CO)C(O)C1O. The molecule has 30 heavy (non-hydrogen) atoms. The van der Waals surface area contributed by atoms with Crippen molar-refractivity contribution in [2.75, 3.05) is 24.2 Å². The smallest absolute Gasteiger partial charge is 0.226 e. The Morgan fingerprint density at radius 3 is 2.60 bits per heavy atom. The largest absolute Gasteiger partial charge is 0.394 e. The minimum atomic E-state index is -1.31. The first-order chi connectivity index (χ1) is 14.4. The Morgan fingerprint density at radius 2 is 1.93 bits per heavy atom. The molecule has 2 aromatic heterocycles. The van der Waals surface area contributed by atoms with Gasteiger partial charge in [0.2, 0.25) is 5.95 Å². The molecule has 1 aliphatic heterocycles. The Hall–Kier alpha value is -2.90. The monoisotopic (exact) mass is 420 g/mol. The second-order valence-electron chi connectivity index (χ2n) is 6.93. The number of ether oxygens (including phenoxy) is 1. The molecule has 1 fully saturated rings. The summed E-state index contributed by atoms with van der Waals surface area (Å²) in [7, 11) is 0. The van der Waals surface area contributed by atoms with Crippen molar-refractivity contribution in [1.82, 2.24) is 19.5 Å². The highest BCUT2D eigenvalue weighted by Crippen LogP contribution is 2.32. The lowest BCUT2D eigenvalue weighted by atomic mass is 10.1. The number of fused-ring (bicyclic) bond motifs is 1. The van der Waals surface area contributed by atoms with Gasteiger partial charge in [0, 0.05) is 6.54 Å². The van der Waals surface area contributed by atoms with Crippen LogP contribution in [0, 0.1) is 5.82 Å². The summed E-state index contributed by atoms with van der Waals surface area (Å²) in [5, 5.41) is 42.7. The van der Waals surface area contributed by atoms with E-state index in [2.05, 4.69) is 20.3 Å². The van der Waals surface area contributed by atoms with E-state index in [0.717, 1.165) is 0 Å². The summed E-state index contributed by atoms with van der Waals surface area (Å²) in [5.74, 6) is -0.252. The summed E-state index contributed by atoms with van der Waals surface area (Å²) >= 11 is 0. The molecule has 160 valence electrons. The van der Waals surface area contributed by atoms with Crippen LogP contribution in [0.2, 0.25) is 0 Å². The summed E-state index contributed by atoms with van der Waals surface area (Å²) in [5.41, 5.74) is 6.96. The van der Waals surface area contributed by atoms with E-state index < -0.39 is 43.1 Å². The van der Waals surface area contributed by atoms with Gasteiger partial charge in [0.05, 0.1) is 19.0 Å². The molecule has 5 atom stereocenters. The predicted octanol–water partition coefficient (Wildman–Crippen LogP) is -0.695. The van der Waals surface area contributed by atoms with Crippen molar-refractivity contribution in [3.8, 4) is 0 Å². The van der Waals surface area contributed by atoms with E-state index >= 15 is 0 Å². The van der Waals surface area contributed by atoms with Crippen molar-refractivity contribution in [2.24, 2.45) is 0 Å². The van der Waals surface area contributed by atoms with Crippen LogP contribution in [0.3, 0.4) is 0 Å². The molecular weight excluding hydrogens is 399 g/mol. The number of nitrogens with zero attached hydrogens (tertiary/aromatic N) is 4. The van der Waals surface area contributed by atoms with Gasteiger partial charge in [-0.2, -0.15) is 9.97 Å². The van der Waals surface area contributed by atoms with Gasteiger partial charge in [-0.1, -0.05) is 12.1 Å². The van der Waals surface area contributed by atoms with Crippen molar-refractivity contribution in [1.29, 1.82) is 0 Å². The Labute approximate surface area is 169 Å². The van der Waals surface area contributed by atoms with Gasteiger partial charge in [0.1, 0.15) is 29.6 Å². The molecule has 7 N–H and O–H groups in total. The van der Waals surface area contributed by atoms with Crippen LogP contribution >= 0.6 is 0 Å². The molecule has 0 radical (unpaired) electrons. The molecule has 0 aliphatic carbocycles. The van der Waals surface area contributed by atoms with E-state index in [1.165, 1.54) is 35.2 Å². The fraction of sp³-hybridized carbons (Fsp3) is 0.389. The molecule has 0 bridgehead atoms. The number of nitrogens with two attached hydrogens (primary N) is 1. The first-order valence-electron chi connectivity index (χ1n) is 9.19. The number of halogens is 1. The van der Waals surface area contributed by atoms with Crippen molar-refractivity contribution < 1.29 is 29.6 Å². The van der Waals surface area contributed by atoms with Gasteiger partial charge in [-0.15, -0.1) is 0 Å². The van der Waals surface area contributed by atoms with Gasteiger partial charge in [0.25, 0.3) is 0 Å². The maximum atomic E-state index is 13.0. The van der Waals surface area contributed by atoms with Gasteiger partial charge in [-0.25, -0.2) is 9.37 Å². The van der Waals surface area contributed by atoms with E-state index in [1.807, 2.05) is 0 Å². The average molecular weight is 420 g/mol. The van der Waals surface area contributed by atoms with Gasteiger partial charge in [-0.05, 0) is 17.7 Å². The topological polar surface area (TPSA) is 172 Å². The first-order valence-corrected chi connectivity index (χ1v) is 9.19. The van der Waals surface area contributed by atoms with E-state index in [4.69, 9.17) is 10.5 Å². The standard InChI is InChI=1S/C18H21FN6O5/c19-9-3-1-8(2-4-9)10(27)5-21-18-23-15(20)12-16(24-18)25(7-22-12)17-14(29)13(28)11(6-26)30-17/h1-4,7,10-11,13-14,17,26-29H,5-6H2,(H3,20,21,23,24)/t10?,11-,13?,14?,17-/m1/s1. The minimum Gasteiger partial charge on any atom is -0.394 e. The van der Waals surface area contributed by atoms with Gasteiger partial charge < -0.3 is 36.2 Å². The number of anilines is 2. The van der Waals surface area contributed by atoms with Crippen LogP contribution in [0.4, 0.5) is 16.2 Å². The number of hydrogen-bond donors (Lipinski definition) is 6. The van der Waals surface area contributed by atoms with Crippen molar-refractivity contribution >= 4 is 22.9 Å². The maximum absolute atomic E-state index is 13.0. The van der Waals surface area contributed by atoms with E-state index in [0.29, 0.717) is 5.56 Å². The highest BCUT2D eigenvalue weighted by molar-refractivity contribution is 5.83. The third-order valence-corrected chi connectivity index (χ3v) is 4.95. The number of aliphatic hydroxyl groups excluding tert-OH is 4. The molecule has 0 saturated carbocycles. The molecule has 0 amide bonds. The normalized spacial score (nSPS) is 25.0. The molecule has 12 heteroatoms. The summed E-state index contributed by atoms with van der Waals surface area (Å²) in [4.78, 5) is 12.6. The number of rotatable bonds is 6. The summed E-state index contributed by atoms with van der Waals surface area (Å²) in [6, 6.07) is 5.44. The number of nitrogen functional groups attached to an aromatic ring is 1. The fourth-order valence-electron chi connectivity index (χ4n) is 3.30. The molecule has 0 spiro atoms. The summed E-state index contributed by atoms with van der Waals surface area (Å²) in [6.07, 6.45) is -4.18. The quantitative estimate of drug-likeness (QED) is 0.300.